The molecule has 0 spiro atoms. The zero-order valence-corrected chi connectivity index (χ0v) is 15.7. The average Bonchev–Trinajstić information content (AvgIpc) is 2.38. The van der Waals surface area contributed by atoms with Crippen LogP contribution in [-0.2, 0) is 11.3 Å². The van der Waals surface area contributed by atoms with Gasteiger partial charge in [-0.25, -0.2) is 4.79 Å². The van der Waals surface area contributed by atoms with E-state index in [1.54, 1.807) is 4.90 Å². The van der Waals surface area contributed by atoms with Gasteiger partial charge in [-0.05, 0) is 65.2 Å². The molecule has 0 aliphatic heterocycles. The number of rotatable bonds is 6. The summed E-state index contributed by atoms with van der Waals surface area (Å²) in [5.41, 5.74) is 3.47. The molecule has 1 aromatic carbocycles. The predicted molar refractivity (Wildman–Crippen MR) is 95.7 cm³/mol. The van der Waals surface area contributed by atoms with Gasteiger partial charge in [0.1, 0.15) is 5.60 Å². The first-order chi connectivity index (χ1) is 10.6. The van der Waals surface area contributed by atoms with E-state index in [0.29, 0.717) is 6.54 Å². The van der Waals surface area contributed by atoms with Gasteiger partial charge in [0.05, 0.1) is 0 Å². The molecule has 0 saturated carbocycles. The topological polar surface area (TPSA) is 41.6 Å². The van der Waals surface area contributed by atoms with Gasteiger partial charge in [-0.2, -0.15) is 0 Å². The summed E-state index contributed by atoms with van der Waals surface area (Å²) in [5, 5.41) is 3.44. The van der Waals surface area contributed by atoms with Crippen molar-refractivity contribution in [3.63, 3.8) is 0 Å². The van der Waals surface area contributed by atoms with Gasteiger partial charge >= 0.3 is 6.09 Å². The molecule has 0 aliphatic rings. The van der Waals surface area contributed by atoms with Crippen LogP contribution in [0, 0.1) is 13.8 Å². The number of ether oxygens (including phenoxy) is 1. The first kappa shape index (κ1) is 19.5. The van der Waals surface area contributed by atoms with Gasteiger partial charge < -0.3 is 15.0 Å². The van der Waals surface area contributed by atoms with E-state index < -0.39 is 5.60 Å². The van der Waals surface area contributed by atoms with Crippen LogP contribution in [-0.4, -0.2) is 35.7 Å². The minimum atomic E-state index is -0.462. The lowest BCUT2D eigenvalue weighted by Crippen LogP contribution is -2.44. The maximum Gasteiger partial charge on any atom is 0.410 e. The summed E-state index contributed by atoms with van der Waals surface area (Å²) < 4.78 is 5.47. The van der Waals surface area contributed by atoms with Crippen molar-refractivity contribution in [1.82, 2.24) is 10.2 Å². The van der Waals surface area contributed by atoms with Crippen molar-refractivity contribution in [2.75, 3.05) is 13.1 Å². The van der Waals surface area contributed by atoms with E-state index in [1.807, 2.05) is 34.6 Å². The monoisotopic (exact) mass is 320 g/mol. The molecule has 1 aromatic rings. The highest BCUT2D eigenvalue weighted by Crippen LogP contribution is 2.13. The molecule has 0 saturated heterocycles. The maximum atomic E-state index is 12.2. The molecule has 1 amide bonds. The third-order valence-electron chi connectivity index (χ3n) is 3.73. The van der Waals surface area contributed by atoms with Crippen LogP contribution in [0.25, 0.3) is 0 Å². The summed E-state index contributed by atoms with van der Waals surface area (Å²) in [6.07, 6.45) is -0.249. The Hall–Kier alpha value is -1.55. The molecule has 0 aromatic heterocycles. The number of nitrogens with one attached hydrogen (secondary N) is 1. The number of aryl methyl sites for hydroxylation is 2. The van der Waals surface area contributed by atoms with Gasteiger partial charge in [0, 0.05) is 25.7 Å². The SMILES string of the molecule is Cc1cccc(C)c1CNCCN(C(=O)OC(C)(C)C)C(C)C. The van der Waals surface area contributed by atoms with Crippen molar-refractivity contribution in [2.24, 2.45) is 0 Å². The Morgan fingerprint density at radius 1 is 1.22 bits per heavy atom. The molecule has 0 aliphatic carbocycles. The lowest BCUT2D eigenvalue weighted by atomic mass is 10.0. The lowest BCUT2D eigenvalue weighted by molar-refractivity contribution is 0.0193. The minimum absolute atomic E-state index is 0.117. The van der Waals surface area contributed by atoms with Crippen LogP contribution in [0.2, 0.25) is 0 Å². The van der Waals surface area contributed by atoms with Crippen molar-refractivity contribution in [1.29, 1.82) is 0 Å². The predicted octanol–water partition coefficient (Wildman–Crippen LogP) is 4.04. The van der Waals surface area contributed by atoms with Crippen molar-refractivity contribution >= 4 is 6.09 Å². The van der Waals surface area contributed by atoms with E-state index in [2.05, 4.69) is 37.4 Å². The molecular formula is C19H32N2O2. The minimum Gasteiger partial charge on any atom is -0.444 e. The number of carbonyl (C=O) groups is 1. The summed E-state index contributed by atoms with van der Waals surface area (Å²) in [6, 6.07) is 6.46. The first-order valence-electron chi connectivity index (χ1n) is 8.37. The normalized spacial score (nSPS) is 11.7. The van der Waals surface area contributed by atoms with Gasteiger partial charge in [-0.15, -0.1) is 0 Å². The van der Waals surface area contributed by atoms with E-state index in [-0.39, 0.29) is 12.1 Å². The van der Waals surface area contributed by atoms with Crippen molar-refractivity contribution < 1.29 is 9.53 Å². The molecule has 0 radical (unpaired) electrons. The van der Waals surface area contributed by atoms with E-state index in [0.717, 1.165) is 13.1 Å². The maximum absolute atomic E-state index is 12.2. The van der Waals surface area contributed by atoms with Crippen molar-refractivity contribution in [3.05, 3.63) is 34.9 Å². The van der Waals surface area contributed by atoms with E-state index in [4.69, 9.17) is 4.74 Å². The second-order valence-electron chi connectivity index (χ2n) is 7.31. The Kier molecular flexibility index (Phi) is 7.07. The molecular weight excluding hydrogens is 288 g/mol. The fourth-order valence-electron chi connectivity index (χ4n) is 2.42. The number of carbonyl (C=O) groups excluding carboxylic acids is 1. The smallest absolute Gasteiger partial charge is 0.410 e. The molecule has 0 fully saturated rings. The Morgan fingerprint density at radius 3 is 2.26 bits per heavy atom. The van der Waals surface area contributed by atoms with Gasteiger partial charge in [-0.3, -0.25) is 0 Å². The molecule has 0 atom stereocenters. The van der Waals surface area contributed by atoms with Gasteiger partial charge in [-0.1, -0.05) is 18.2 Å². The molecule has 4 heteroatoms. The number of hydrogen-bond donors (Lipinski definition) is 1. The summed E-state index contributed by atoms with van der Waals surface area (Å²) >= 11 is 0. The van der Waals surface area contributed by atoms with Crippen LogP contribution in [0.4, 0.5) is 4.79 Å². The largest absolute Gasteiger partial charge is 0.444 e. The molecule has 4 nitrogen and oxygen atoms in total. The fourth-order valence-corrected chi connectivity index (χ4v) is 2.42. The second kappa shape index (κ2) is 8.34. The molecule has 130 valence electrons. The van der Waals surface area contributed by atoms with Crippen molar-refractivity contribution in [3.8, 4) is 0 Å². The number of nitrogens with zero attached hydrogens (tertiary/aromatic N) is 1. The number of amides is 1. The summed E-state index contributed by atoms with van der Waals surface area (Å²) in [7, 11) is 0. The quantitative estimate of drug-likeness (QED) is 0.804. The molecule has 0 unspecified atom stereocenters. The highest BCUT2D eigenvalue weighted by atomic mass is 16.6. The number of hydrogen-bond acceptors (Lipinski definition) is 3. The summed E-state index contributed by atoms with van der Waals surface area (Å²) in [5.74, 6) is 0. The van der Waals surface area contributed by atoms with Crippen molar-refractivity contribution in [2.45, 2.75) is 66.7 Å². The Labute approximate surface area is 141 Å². The Bertz CT molecular complexity index is 498. The summed E-state index contributed by atoms with van der Waals surface area (Å²) in [4.78, 5) is 14.0. The van der Waals surface area contributed by atoms with Gasteiger partial charge in [0.25, 0.3) is 0 Å². The molecule has 1 N–H and O–H groups in total. The zero-order valence-electron chi connectivity index (χ0n) is 15.7. The third kappa shape index (κ3) is 6.61. The molecule has 1 rings (SSSR count). The third-order valence-corrected chi connectivity index (χ3v) is 3.73. The zero-order chi connectivity index (χ0) is 17.6. The highest BCUT2D eigenvalue weighted by Gasteiger charge is 2.23. The fraction of sp³-hybridized carbons (Fsp3) is 0.632. The van der Waals surface area contributed by atoms with Gasteiger partial charge in [0.2, 0.25) is 0 Å². The lowest BCUT2D eigenvalue weighted by Gasteiger charge is -2.30. The van der Waals surface area contributed by atoms with E-state index >= 15 is 0 Å². The molecule has 0 bridgehead atoms. The molecule has 0 heterocycles. The summed E-state index contributed by atoms with van der Waals surface area (Å²) in [6.45, 7) is 16.1. The second-order valence-corrected chi connectivity index (χ2v) is 7.31. The standard InChI is InChI=1S/C19H32N2O2/c1-14(2)21(18(22)23-19(5,6)7)12-11-20-13-17-15(3)9-8-10-16(17)4/h8-10,14,20H,11-13H2,1-7H3. The Morgan fingerprint density at radius 2 is 1.78 bits per heavy atom. The van der Waals surface area contributed by atoms with Crippen LogP contribution in [0.15, 0.2) is 18.2 Å². The Balaban J connectivity index is 2.52. The average molecular weight is 320 g/mol. The highest BCUT2D eigenvalue weighted by molar-refractivity contribution is 5.68. The molecule has 23 heavy (non-hydrogen) atoms. The van der Waals surface area contributed by atoms with Crippen LogP contribution in [0.1, 0.15) is 51.3 Å². The van der Waals surface area contributed by atoms with Crippen LogP contribution in [0.3, 0.4) is 0 Å². The van der Waals surface area contributed by atoms with E-state index in [9.17, 15) is 4.79 Å². The number of benzene rings is 1. The van der Waals surface area contributed by atoms with Gasteiger partial charge in [0.15, 0.2) is 0 Å². The first-order valence-corrected chi connectivity index (χ1v) is 8.37. The van der Waals surface area contributed by atoms with Crippen LogP contribution < -0.4 is 5.32 Å². The van der Waals surface area contributed by atoms with Crippen LogP contribution >= 0.6 is 0 Å². The van der Waals surface area contributed by atoms with Crippen LogP contribution in [0.5, 0.6) is 0 Å². The van der Waals surface area contributed by atoms with E-state index in [1.165, 1.54) is 16.7 Å².